The molecule has 1 aliphatic carbocycles. The summed E-state index contributed by atoms with van der Waals surface area (Å²) < 4.78 is 17.3. The summed E-state index contributed by atoms with van der Waals surface area (Å²) in [5.74, 6) is 6.55. The Bertz CT molecular complexity index is 2050. The number of aryl methyl sites for hydroxylation is 6. The molecule has 0 bridgehead atoms. The number of benzene rings is 7. The molecule has 71 heavy (non-hydrogen) atoms. The van der Waals surface area contributed by atoms with Crippen molar-refractivity contribution in [2.75, 3.05) is 0 Å². The Morgan fingerprint density at radius 3 is 0.493 bits per heavy atom. The van der Waals surface area contributed by atoms with Crippen LogP contribution in [0, 0.1) is 41.5 Å². The molecule has 0 aliphatic heterocycles. The molecule has 0 unspecified atom stereocenters. The second-order valence-electron chi connectivity index (χ2n) is 15.4. The van der Waals surface area contributed by atoms with Gasteiger partial charge in [-0.1, -0.05) is 227 Å². The van der Waals surface area contributed by atoms with Gasteiger partial charge in [-0.3, -0.25) is 0 Å². The highest BCUT2D eigenvalue weighted by Gasteiger charge is 2.23. The predicted octanol–water partition coefficient (Wildman–Crippen LogP) is 22.9. The van der Waals surface area contributed by atoms with Gasteiger partial charge in [0.25, 0.3) is 0 Å². The van der Waals surface area contributed by atoms with Crippen LogP contribution in [0.1, 0.15) is 179 Å². The summed E-state index contributed by atoms with van der Waals surface area (Å²) in [6, 6.07) is 58.0. The molecule has 0 N–H and O–H groups in total. The second kappa shape index (κ2) is 42.8. The lowest BCUT2D eigenvalue weighted by Gasteiger charge is -2.29. The molecule has 3 heteroatoms. The van der Waals surface area contributed by atoms with E-state index >= 15 is 0 Å². The molecule has 3 nitrogen and oxygen atoms in total. The average molecular weight is 964 g/mol. The monoisotopic (exact) mass is 963 g/mol. The summed E-state index contributed by atoms with van der Waals surface area (Å²) in [7, 11) is 0. The van der Waals surface area contributed by atoms with Crippen molar-refractivity contribution in [2.24, 2.45) is 0 Å². The quantitative estimate of drug-likeness (QED) is 0.152. The first kappa shape index (κ1) is 67.0. The summed E-state index contributed by atoms with van der Waals surface area (Å²) in [4.78, 5) is 0. The zero-order valence-electron chi connectivity index (χ0n) is 48.4. The summed E-state index contributed by atoms with van der Waals surface area (Å²) >= 11 is 0. The SMILES string of the molecule is CC.CC.CC.CC.CC.CC.CC.Cc1ccc(C2CCC(c3ccc(C)cc3)CC2)cc1.Cc1ccc(Oc2ccc(C)cc2)cc1.Cc1ccc(Oc2ccc(Oc3ccc(C)cc3)cc2)cc1. The van der Waals surface area contributed by atoms with Crippen LogP contribution in [0.25, 0.3) is 0 Å². The molecule has 7 aromatic rings. The van der Waals surface area contributed by atoms with Crippen molar-refractivity contribution in [3.63, 3.8) is 0 Å². The van der Waals surface area contributed by atoms with E-state index in [1.54, 1.807) is 0 Å². The normalized spacial score (nSPS) is 12.3. The van der Waals surface area contributed by atoms with Gasteiger partial charge in [-0.2, -0.15) is 0 Å². The molecule has 1 aliphatic rings. The van der Waals surface area contributed by atoms with Crippen LogP contribution >= 0.6 is 0 Å². The predicted molar refractivity (Wildman–Crippen MR) is 317 cm³/mol. The Balaban J connectivity index is 0. The van der Waals surface area contributed by atoms with Gasteiger partial charge in [0.1, 0.15) is 34.5 Å². The van der Waals surface area contributed by atoms with Crippen LogP contribution in [0.3, 0.4) is 0 Å². The van der Waals surface area contributed by atoms with Crippen molar-refractivity contribution >= 4 is 0 Å². The van der Waals surface area contributed by atoms with Crippen molar-refractivity contribution in [1.82, 2.24) is 0 Å². The maximum absolute atomic E-state index is 5.80. The molecule has 0 saturated heterocycles. The van der Waals surface area contributed by atoms with Gasteiger partial charge in [0.15, 0.2) is 0 Å². The number of ether oxygens (including phenoxy) is 3. The average Bonchev–Trinajstić information content (AvgIpc) is 3.44. The third-order valence-corrected chi connectivity index (χ3v) is 10.4. The lowest BCUT2D eigenvalue weighted by atomic mass is 9.76. The smallest absolute Gasteiger partial charge is 0.127 e. The lowest BCUT2D eigenvalue weighted by molar-refractivity contribution is 0.396. The molecular weight excluding hydrogens is 865 g/mol. The minimum absolute atomic E-state index is 0.775. The van der Waals surface area contributed by atoms with Gasteiger partial charge in [0.05, 0.1) is 0 Å². The second-order valence-corrected chi connectivity index (χ2v) is 15.4. The Hall–Kier alpha value is -6.06. The molecule has 0 aromatic heterocycles. The Morgan fingerprint density at radius 2 is 0.338 bits per heavy atom. The van der Waals surface area contributed by atoms with Gasteiger partial charge in [0, 0.05) is 0 Å². The van der Waals surface area contributed by atoms with E-state index in [1.807, 2.05) is 218 Å². The zero-order chi connectivity index (χ0) is 54.0. The number of hydrogen-bond donors (Lipinski definition) is 0. The van der Waals surface area contributed by atoms with Gasteiger partial charge in [-0.15, -0.1) is 0 Å². The van der Waals surface area contributed by atoms with Gasteiger partial charge >= 0.3 is 0 Å². The fraction of sp³-hybridized carbons (Fsp3) is 0.382. The summed E-state index contributed by atoms with van der Waals surface area (Å²) in [6.07, 6.45) is 5.34. The van der Waals surface area contributed by atoms with Gasteiger partial charge in [-0.25, -0.2) is 0 Å². The van der Waals surface area contributed by atoms with Crippen LogP contribution in [0.5, 0.6) is 34.5 Å². The van der Waals surface area contributed by atoms with Gasteiger partial charge in [-0.05, 0) is 163 Å². The Kier molecular flexibility index (Phi) is 40.4. The van der Waals surface area contributed by atoms with E-state index in [9.17, 15) is 0 Å². The molecule has 7 aromatic carbocycles. The van der Waals surface area contributed by atoms with Crippen LogP contribution in [-0.2, 0) is 0 Å². The van der Waals surface area contributed by atoms with E-state index in [-0.39, 0.29) is 0 Å². The molecule has 0 radical (unpaired) electrons. The Labute approximate surface area is 437 Å². The van der Waals surface area contributed by atoms with Gasteiger partial charge in [0.2, 0.25) is 0 Å². The van der Waals surface area contributed by atoms with Crippen molar-refractivity contribution in [3.05, 3.63) is 214 Å². The molecule has 0 amide bonds. The topological polar surface area (TPSA) is 27.7 Å². The summed E-state index contributed by atoms with van der Waals surface area (Å²) in [5, 5.41) is 0. The number of hydrogen-bond acceptors (Lipinski definition) is 3. The van der Waals surface area contributed by atoms with E-state index in [4.69, 9.17) is 14.2 Å². The summed E-state index contributed by atoms with van der Waals surface area (Å²) in [6.45, 7) is 40.6. The molecule has 1 saturated carbocycles. The molecule has 0 spiro atoms. The molecule has 1 fully saturated rings. The fourth-order valence-corrected chi connectivity index (χ4v) is 6.85. The van der Waals surface area contributed by atoms with E-state index in [1.165, 1.54) is 70.2 Å². The van der Waals surface area contributed by atoms with Crippen molar-refractivity contribution in [2.45, 2.75) is 176 Å². The molecule has 0 atom stereocenters. The minimum Gasteiger partial charge on any atom is -0.457 e. The molecule has 388 valence electrons. The van der Waals surface area contributed by atoms with Crippen LogP contribution in [0.4, 0.5) is 0 Å². The molecular formula is C68H98O3. The largest absolute Gasteiger partial charge is 0.457 e. The van der Waals surface area contributed by atoms with Crippen LogP contribution < -0.4 is 14.2 Å². The Morgan fingerprint density at radius 1 is 0.211 bits per heavy atom. The standard InChI is InChI=1S/C20H18O2.C20H24.C14H14O.7C2H6/c1-15-3-7-17(8-4-15)21-19-11-13-20(14-12-19)22-18-9-5-16(2)6-10-18;1-15-3-7-17(8-4-15)19-11-13-20(14-12-19)18-9-5-16(2)6-10-18;1-11-3-7-13(8-4-11)15-14-9-5-12(2)6-10-14;7*1-2/h3-14H,1-2H3;3-10,19-20H,11-14H2,1-2H3;3-10H,1-2H3;7*1-2H3. The van der Waals surface area contributed by atoms with E-state index in [0.29, 0.717) is 0 Å². The van der Waals surface area contributed by atoms with E-state index in [0.717, 1.165) is 46.3 Å². The number of rotatable bonds is 8. The fourth-order valence-electron chi connectivity index (χ4n) is 6.85. The van der Waals surface area contributed by atoms with Gasteiger partial charge < -0.3 is 14.2 Å². The first-order chi connectivity index (χ1) is 34.6. The maximum atomic E-state index is 5.80. The highest BCUT2D eigenvalue weighted by atomic mass is 16.5. The molecule has 8 rings (SSSR count). The van der Waals surface area contributed by atoms with E-state index in [2.05, 4.69) is 90.1 Å². The zero-order valence-corrected chi connectivity index (χ0v) is 48.4. The highest BCUT2D eigenvalue weighted by molar-refractivity contribution is 5.39. The third-order valence-electron chi connectivity index (χ3n) is 10.4. The van der Waals surface area contributed by atoms with E-state index < -0.39 is 0 Å². The highest BCUT2D eigenvalue weighted by Crippen LogP contribution is 2.40. The maximum Gasteiger partial charge on any atom is 0.127 e. The van der Waals surface area contributed by atoms with Crippen LogP contribution in [-0.4, -0.2) is 0 Å². The van der Waals surface area contributed by atoms with Crippen LogP contribution in [0.15, 0.2) is 170 Å². The van der Waals surface area contributed by atoms with Crippen molar-refractivity contribution in [3.8, 4) is 34.5 Å². The minimum atomic E-state index is 0.775. The first-order valence-corrected chi connectivity index (χ1v) is 27.2. The lowest BCUT2D eigenvalue weighted by Crippen LogP contribution is -2.12. The van der Waals surface area contributed by atoms with Crippen molar-refractivity contribution in [1.29, 1.82) is 0 Å². The van der Waals surface area contributed by atoms with Crippen molar-refractivity contribution < 1.29 is 14.2 Å². The van der Waals surface area contributed by atoms with Crippen LogP contribution in [0.2, 0.25) is 0 Å². The molecule has 0 heterocycles. The first-order valence-electron chi connectivity index (χ1n) is 27.2. The summed E-state index contributed by atoms with van der Waals surface area (Å²) in [5.41, 5.74) is 10.7. The third kappa shape index (κ3) is 27.8.